The molecule has 0 spiro atoms. The van der Waals surface area contributed by atoms with Gasteiger partial charge in [0.05, 0.1) is 18.3 Å². The summed E-state index contributed by atoms with van der Waals surface area (Å²) in [6.45, 7) is 1.89. The van der Waals surface area contributed by atoms with Crippen LogP contribution >= 0.6 is 10.7 Å². The second kappa shape index (κ2) is 6.75. The van der Waals surface area contributed by atoms with Gasteiger partial charge in [-0.15, -0.1) is 0 Å². The van der Waals surface area contributed by atoms with Gasteiger partial charge in [-0.25, -0.2) is 8.42 Å². The fraction of sp³-hybridized carbons (Fsp3) is 0.417. The second-order valence-corrected chi connectivity index (χ2v) is 6.70. The zero-order valence-corrected chi connectivity index (χ0v) is 11.6. The van der Waals surface area contributed by atoms with Gasteiger partial charge in [-0.05, 0) is 18.9 Å². The molecule has 0 aromatic heterocycles. The van der Waals surface area contributed by atoms with Crippen molar-refractivity contribution in [1.82, 2.24) is 0 Å². The lowest BCUT2D eigenvalue weighted by molar-refractivity contribution is -0.143. The number of hydrogen-bond donors (Lipinski definition) is 0. The average molecular weight is 291 g/mol. The van der Waals surface area contributed by atoms with Crippen molar-refractivity contribution in [2.45, 2.75) is 25.0 Å². The summed E-state index contributed by atoms with van der Waals surface area (Å²) in [6, 6.07) is 9.02. The van der Waals surface area contributed by atoms with E-state index in [1.54, 1.807) is 31.2 Å². The molecule has 0 N–H and O–H groups in total. The SMILES string of the molecule is CCOC(=O)CC(Cc1ccccc1)S(=O)(=O)Cl. The molecule has 0 saturated carbocycles. The topological polar surface area (TPSA) is 60.4 Å². The number of carbonyl (C=O) groups is 1. The molecule has 0 fully saturated rings. The van der Waals surface area contributed by atoms with Gasteiger partial charge >= 0.3 is 5.97 Å². The predicted octanol–water partition coefficient (Wildman–Crippen LogP) is 2.12. The Hall–Kier alpha value is -1.07. The van der Waals surface area contributed by atoms with Gasteiger partial charge in [0.2, 0.25) is 9.05 Å². The van der Waals surface area contributed by atoms with Crippen molar-refractivity contribution in [1.29, 1.82) is 0 Å². The first-order chi connectivity index (χ1) is 8.43. The highest BCUT2D eigenvalue weighted by Gasteiger charge is 2.27. The average Bonchev–Trinajstić information content (AvgIpc) is 2.28. The van der Waals surface area contributed by atoms with Gasteiger partial charge in [0, 0.05) is 10.7 Å². The number of rotatable bonds is 6. The Morgan fingerprint density at radius 3 is 2.44 bits per heavy atom. The first-order valence-electron chi connectivity index (χ1n) is 5.56. The van der Waals surface area contributed by atoms with E-state index >= 15 is 0 Å². The van der Waals surface area contributed by atoms with E-state index in [4.69, 9.17) is 15.4 Å². The fourth-order valence-electron chi connectivity index (χ4n) is 1.55. The summed E-state index contributed by atoms with van der Waals surface area (Å²) >= 11 is 0. The standard InChI is InChI=1S/C12H15ClO4S/c1-2-17-12(14)9-11(18(13,15)16)8-10-6-4-3-5-7-10/h3-7,11H,2,8-9H2,1H3. The van der Waals surface area contributed by atoms with Crippen LogP contribution in [0.15, 0.2) is 30.3 Å². The van der Waals surface area contributed by atoms with Crippen molar-refractivity contribution < 1.29 is 17.9 Å². The van der Waals surface area contributed by atoms with Crippen LogP contribution < -0.4 is 0 Å². The largest absolute Gasteiger partial charge is 0.466 e. The lowest BCUT2D eigenvalue weighted by atomic mass is 10.1. The molecule has 0 radical (unpaired) electrons. The van der Waals surface area contributed by atoms with E-state index in [0.717, 1.165) is 5.56 Å². The van der Waals surface area contributed by atoms with Gasteiger partial charge in [-0.2, -0.15) is 0 Å². The van der Waals surface area contributed by atoms with Crippen molar-refractivity contribution in [3.05, 3.63) is 35.9 Å². The molecule has 1 aromatic rings. The van der Waals surface area contributed by atoms with Gasteiger partial charge in [-0.3, -0.25) is 4.79 Å². The lowest BCUT2D eigenvalue weighted by Crippen LogP contribution is -2.24. The van der Waals surface area contributed by atoms with Crippen LogP contribution in [0.1, 0.15) is 18.9 Å². The minimum atomic E-state index is -3.81. The van der Waals surface area contributed by atoms with E-state index in [9.17, 15) is 13.2 Å². The third-order valence-corrected chi connectivity index (χ3v) is 4.29. The van der Waals surface area contributed by atoms with Gasteiger partial charge in [0.1, 0.15) is 0 Å². The number of ether oxygens (including phenoxy) is 1. The molecule has 6 heteroatoms. The zero-order chi connectivity index (χ0) is 13.6. The number of hydrogen-bond acceptors (Lipinski definition) is 4. The third kappa shape index (κ3) is 5.06. The molecular formula is C12H15ClO4S. The maximum atomic E-state index is 11.4. The van der Waals surface area contributed by atoms with E-state index in [0.29, 0.717) is 0 Å². The van der Waals surface area contributed by atoms with Crippen molar-refractivity contribution in [3.8, 4) is 0 Å². The lowest BCUT2D eigenvalue weighted by Gasteiger charge is -2.12. The van der Waals surface area contributed by atoms with E-state index in [2.05, 4.69) is 0 Å². The summed E-state index contributed by atoms with van der Waals surface area (Å²) in [5.74, 6) is -0.553. The maximum Gasteiger partial charge on any atom is 0.307 e. The molecule has 1 rings (SSSR count). The maximum absolute atomic E-state index is 11.4. The second-order valence-electron chi connectivity index (χ2n) is 3.80. The molecule has 1 atom stereocenters. The Kier molecular flexibility index (Phi) is 5.62. The third-order valence-electron chi connectivity index (χ3n) is 2.40. The van der Waals surface area contributed by atoms with E-state index in [1.807, 2.05) is 6.07 Å². The van der Waals surface area contributed by atoms with E-state index < -0.39 is 20.3 Å². The summed E-state index contributed by atoms with van der Waals surface area (Å²) in [5.41, 5.74) is 0.816. The summed E-state index contributed by atoms with van der Waals surface area (Å²) < 4.78 is 27.6. The molecule has 0 heterocycles. The molecule has 0 aliphatic carbocycles. The Balaban J connectivity index is 2.78. The molecule has 18 heavy (non-hydrogen) atoms. The fourth-order valence-corrected chi connectivity index (χ4v) is 2.66. The van der Waals surface area contributed by atoms with Crippen molar-refractivity contribution in [2.75, 3.05) is 6.61 Å². The normalized spacial score (nSPS) is 13.0. The Labute approximate surface area is 111 Å². The highest BCUT2D eigenvalue weighted by atomic mass is 35.7. The van der Waals surface area contributed by atoms with Crippen LogP contribution in [0.5, 0.6) is 0 Å². The smallest absolute Gasteiger partial charge is 0.307 e. The highest BCUT2D eigenvalue weighted by molar-refractivity contribution is 8.14. The van der Waals surface area contributed by atoms with Gasteiger partial charge in [-0.1, -0.05) is 30.3 Å². The monoisotopic (exact) mass is 290 g/mol. The molecule has 100 valence electrons. The van der Waals surface area contributed by atoms with Gasteiger partial charge < -0.3 is 4.74 Å². The minimum Gasteiger partial charge on any atom is -0.466 e. The molecule has 0 aliphatic rings. The molecule has 1 aromatic carbocycles. The van der Waals surface area contributed by atoms with Crippen LogP contribution in [0.3, 0.4) is 0 Å². The van der Waals surface area contributed by atoms with Crippen LogP contribution in [-0.2, 0) is 25.0 Å². The summed E-state index contributed by atoms with van der Waals surface area (Å²) in [4.78, 5) is 11.3. The molecule has 0 aliphatic heterocycles. The molecule has 0 amide bonds. The Morgan fingerprint density at radius 1 is 1.33 bits per heavy atom. The zero-order valence-electron chi connectivity index (χ0n) is 10.0. The van der Waals surface area contributed by atoms with E-state index in [-0.39, 0.29) is 19.4 Å². The quantitative estimate of drug-likeness (QED) is 0.595. The molecule has 0 saturated heterocycles. The molecule has 1 unspecified atom stereocenters. The molecular weight excluding hydrogens is 276 g/mol. The number of esters is 1. The predicted molar refractivity (Wildman–Crippen MR) is 70.0 cm³/mol. The molecule has 4 nitrogen and oxygen atoms in total. The van der Waals surface area contributed by atoms with Crippen molar-refractivity contribution in [3.63, 3.8) is 0 Å². The van der Waals surface area contributed by atoms with Crippen LogP contribution in [0.4, 0.5) is 0 Å². The van der Waals surface area contributed by atoms with Gasteiger partial charge in [0.15, 0.2) is 0 Å². The van der Waals surface area contributed by atoms with Crippen molar-refractivity contribution >= 4 is 25.7 Å². The number of benzene rings is 1. The number of carbonyl (C=O) groups excluding carboxylic acids is 1. The van der Waals surface area contributed by atoms with Crippen LogP contribution in [0.2, 0.25) is 0 Å². The minimum absolute atomic E-state index is 0.200. The first-order valence-corrected chi connectivity index (χ1v) is 7.93. The summed E-state index contributed by atoms with van der Waals surface area (Å²) in [5, 5.41) is -0.958. The van der Waals surface area contributed by atoms with Crippen LogP contribution in [0.25, 0.3) is 0 Å². The van der Waals surface area contributed by atoms with Crippen LogP contribution in [-0.4, -0.2) is 26.2 Å². The van der Waals surface area contributed by atoms with Crippen LogP contribution in [0, 0.1) is 0 Å². The Bertz CT molecular complexity index is 484. The molecule has 0 bridgehead atoms. The number of halogens is 1. The first kappa shape index (κ1) is 15.0. The van der Waals surface area contributed by atoms with Gasteiger partial charge in [0.25, 0.3) is 0 Å². The van der Waals surface area contributed by atoms with Crippen molar-refractivity contribution in [2.24, 2.45) is 0 Å². The summed E-state index contributed by atoms with van der Waals surface area (Å²) in [7, 11) is 1.55. The summed E-state index contributed by atoms with van der Waals surface area (Å²) in [6.07, 6.45) is -0.0277. The highest BCUT2D eigenvalue weighted by Crippen LogP contribution is 2.17. The van der Waals surface area contributed by atoms with E-state index in [1.165, 1.54) is 0 Å². The Morgan fingerprint density at radius 2 is 1.94 bits per heavy atom.